The Balaban J connectivity index is 1.51. The van der Waals surface area contributed by atoms with Crippen LogP contribution in [0.25, 0.3) is 0 Å². The maximum atomic E-state index is 13.0. The Bertz CT molecular complexity index is 1140. The molecule has 170 valence electrons. The molecule has 5 heteroatoms. The third kappa shape index (κ3) is 4.08. The number of Topliss-reactive ketones (excluding diaryl/α,β-unsaturated/α-hetero) is 2. The summed E-state index contributed by atoms with van der Waals surface area (Å²) >= 11 is 0. The third-order valence-corrected chi connectivity index (χ3v) is 6.64. The molecule has 5 rings (SSSR count). The second-order valence-corrected chi connectivity index (χ2v) is 8.95. The molecule has 2 aliphatic carbocycles. The lowest BCUT2D eigenvalue weighted by molar-refractivity contribution is -0.117. The Morgan fingerprint density at radius 3 is 2.21 bits per heavy atom. The predicted octanol–water partition coefficient (Wildman–Crippen LogP) is 5.71. The summed E-state index contributed by atoms with van der Waals surface area (Å²) in [6.07, 6.45) is 4.02. The Kier molecular flexibility index (Phi) is 5.79. The number of hydrogen-bond acceptors (Lipinski definition) is 5. The number of ether oxygens (including phenoxy) is 3. The Morgan fingerprint density at radius 2 is 1.58 bits per heavy atom. The highest BCUT2D eigenvalue weighted by Gasteiger charge is 2.41. The van der Waals surface area contributed by atoms with E-state index in [0.29, 0.717) is 42.1 Å². The van der Waals surface area contributed by atoms with E-state index >= 15 is 0 Å². The van der Waals surface area contributed by atoms with Gasteiger partial charge in [0, 0.05) is 42.7 Å². The molecule has 2 aromatic carbocycles. The minimum Gasteiger partial charge on any atom is -0.493 e. The lowest BCUT2D eigenvalue weighted by Crippen LogP contribution is -2.30. The standard InChI is InChI=1S/C28H28O5/c1-17-6-3-7-18(14-17)16-32-22-13-12-19(15-25(22)31-2)26-27-20(29)8-4-10-23(27)33-24-11-5-9-21(30)28(24)26/h3,6-7,12-15,26H,4-5,8-11,16H2,1-2H3. The molecule has 0 atom stereocenters. The lowest BCUT2D eigenvalue weighted by atomic mass is 9.73. The number of allylic oxidation sites excluding steroid dienone is 4. The van der Waals surface area contributed by atoms with Gasteiger partial charge in [0.05, 0.1) is 7.11 Å². The molecule has 0 amide bonds. The Hall–Kier alpha value is -3.34. The maximum absolute atomic E-state index is 13.0. The van der Waals surface area contributed by atoms with Crippen LogP contribution in [0.15, 0.2) is 65.1 Å². The van der Waals surface area contributed by atoms with Gasteiger partial charge in [0.15, 0.2) is 23.1 Å². The molecule has 3 aliphatic rings. The number of aryl methyl sites for hydroxylation is 1. The first-order chi connectivity index (χ1) is 16.0. The second kappa shape index (κ2) is 8.89. The van der Waals surface area contributed by atoms with Gasteiger partial charge in [-0.2, -0.15) is 0 Å². The van der Waals surface area contributed by atoms with Gasteiger partial charge in [0.1, 0.15) is 18.1 Å². The van der Waals surface area contributed by atoms with Gasteiger partial charge < -0.3 is 14.2 Å². The number of ketones is 2. The van der Waals surface area contributed by atoms with Crippen molar-refractivity contribution in [3.8, 4) is 11.5 Å². The molecule has 5 nitrogen and oxygen atoms in total. The minimum atomic E-state index is -0.399. The average Bonchev–Trinajstić information content (AvgIpc) is 2.82. The first-order valence-corrected chi connectivity index (χ1v) is 11.6. The van der Waals surface area contributed by atoms with Crippen LogP contribution < -0.4 is 9.47 Å². The molecule has 0 saturated carbocycles. The van der Waals surface area contributed by atoms with Crippen LogP contribution in [0.4, 0.5) is 0 Å². The molecule has 0 unspecified atom stereocenters. The highest BCUT2D eigenvalue weighted by molar-refractivity contribution is 6.05. The van der Waals surface area contributed by atoms with Gasteiger partial charge in [0.2, 0.25) is 0 Å². The molecule has 33 heavy (non-hydrogen) atoms. The molecule has 0 N–H and O–H groups in total. The molecule has 0 saturated heterocycles. The maximum Gasteiger partial charge on any atom is 0.163 e. The van der Waals surface area contributed by atoms with E-state index in [0.717, 1.165) is 48.3 Å². The third-order valence-electron chi connectivity index (χ3n) is 6.64. The van der Waals surface area contributed by atoms with E-state index in [9.17, 15) is 9.59 Å². The van der Waals surface area contributed by atoms with Gasteiger partial charge >= 0.3 is 0 Å². The summed E-state index contributed by atoms with van der Waals surface area (Å²) in [5.41, 5.74) is 4.41. The number of hydrogen-bond donors (Lipinski definition) is 0. The highest BCUT2D eigenvalue weighted by Crippen LogP contribution is 2.48. The van der Waals surface area contributed by atoms with Crippen molar-refractivity contribution in [2.24, 2.45) is 0 Å². The fraction of sp³-hybridized carbons (Fsp3) is 0.357. The number of rotatable bonds is 5. The molecular weight excluding hydrogens is 416 g/mol. The quantitative estimate of drug-likeness (QED) is 0.591. The predicted molar refractivity (Wildman–Crippen MR) is 124 cm³/mol. The van der Waals surface area contributed by atoms with Crippen molar-refractivity contribution in [3.05, 3.63) is 81.8 Å². The fourth-order valence-corrected chi connectivity index (χ4v) is 5.10. The van der Waals surface area contributed by atoms with Crippen molar-refractivity contribution in [3.63, 3.8) is 0 Å². The van der Waals surface area contributed by atoms with Crippen LogP contribution in [0.2, 0.25) is 0 Å². The van der Waals surface area contributed by atoms with Crippen LogP contribution in [0.1, 0.15) is 61.1 Å². The number of benzene rings is 2. The van der Waals surface area contributed by atoms with Gasteiger partial charge in [0.25, 0.3) is 0 Å². The molecule has 1 aliphatic heterocycles. The molecule has 0 fully saturated rings. The zero-order valence-corrected chi connectivity index (χ0v) is 19.1. The van der Waals surface area contributed by atoms with E-state index < -0.39 is 5.92 Å². The van der Waals surface area contributed by atoms with Gasteiger partial charge in [-0.1, -0.05) is 35.9 Å². The first-order valence-electron chi connectivity index (χ1n) is 11.6. The molecule has 0 spiro atoms. The molecular formula is C28H28O5. The van der Waals surface area contributed by atoms with E-state index in [2.05, 4.69) is 19.1 Å². The van der Waals surface area contributed by atoms with E-state index in [-0.39, 0.29) is 11.6 Å². The highest BCUT2D eigenvalue weighted by atomic mass is 16.5. The van der Waals surface area contributed by atoms with Crippen molar-refractivity contribution < 1.29 is 23.8 Å². The van der Waals surface area contributed by atoms with E-state index in [1.54, 1.807) is 7.11 Å². The number of methoxy groups -OCH3 is 1. The van der Waals surface area contributed by atoms with Gasteiger partial charge in [-0.3, -0.25) is 9.59 Å². The largest absolute Gasteiger partial charge is 0.493 e. The Labute approximate surface area is 194 Å². The average molecular weight is 445 g/mol. The van der Waals surface area contributed by atoms with Gasteiger partial charge in [-0.15, -0.1) is 0 Å². The minimum absolute atomic E-state index is 0.0740. The van der Waals surface area contributed by atoms with E-state index in [1.165, 1.54) is 5.56 Å². The topological polar surface area (TPSA) is 61.8 Å². The lowest BCUT2D eigenvalue weighted by Gasteiger charge is -2.36. The summed E-state index contributed by atoms with van der Waals surface area (Å²) in [6.45, 7) is 2.48. The summed E-state index contributed by atoms with van der Waals surface area (Å²) in [5, 5.41) is 0. The number of carbonyl (C=O) groups excluding carboxylic acids is 2. The molecule has 0 bridgehead atoms. The van der Waals surface area contributed by atoms with Crippen molar-refractivity contribution in [2.45, 2.75) is 58.0 Å². The van der Waals surface area contributed by atoms with Crippen LogP contribution >= 0.6 is 0 Å². The summed E-state index contributed by atoms with van der Waals surface area (Å²) in [5.74, 6) is 2.44. The first kappa shape index (κ1) is 21.5. The van der Waals surface area contributed by atoms with Crippen LogP contribution in [0.3, 0.4) is 0 Å². The van der Waals surface area contributed by atoms with Gasteiger partial charge in [-0.05, 0) is 43.0 Å². The van der Waals surface area contributed by atoms with Crippen molar-refractivity contribution >= 4 is 11.6 Å². The summed E-state index contributed by atoms with van der Waals surface area (Å²) in [4.78, 5) is 25.9. The summed E-state index contributed by atoms with van der Waals surface area (Å²) in [6, 6.07) is 13.9. The number of carbonyl (C=O) groups is 2. The SMILES string of the molecule is COc1cc(C2C3=C(CCCC3=O)OC3=C2C(=O)CCC3)ccc1OCc1cccc(C)c1. The van der Waals surface area contributed by atoms with Crippen LogP contribution in [-0.2, 0) is 20.9 Å². The van der Waals surface area contributed by atoms with E-state index in [1.807, 2.05) is 30.3 Å². The Morgan fingerprint density at radius 1 is 0.879 bits per heavy atom. The zero-order chi connectivity index (χ0) is 22.9. The molecule has 2 aromatic rings. The summed E-state index contributed by atoms with van der Waals surface area (Å²) < 4.78 is 17.8. The summed E-state index contributed by atoms with van der Waals surface area (Å²) in [7, 11) is 1.61. The molecule has 1 heterocycles. The van der Waals surface area contributed by atoms with E-state index in [4.69, 9.17) is 14.2 Å². The smallest absolute Gasteiger partial charge is 0.163 e. The van der Waals surface area contributed by atoms with Crippen molar-refractivity contribution in [2.75, 3.05) is 7.11 Å². The monoisotopic (exact) mass is 444 g/mol. The van der Waals surface area contributed by atoms with Gasteiger partial charge in [-0.25, -0.2) is 0 Å². The normalized spacial score (nSPS) is 18.6. The molecule has 0 radical (unpaired) electrons. The van der Waals surface area contributed by atoms with Crippen LogP contribution in [-0.4, -0.2) is 18.7 Å². The second-order valence-electron chi connectivity index (χ2n) is 8.95. The fourth-order valence-electron chi connectivity index (χ4n) is 5.10. The van der Waals surface area contributed by atoms with Crippen molar-refractivity contribution in [1.29, 1.82) is 0 Å². The zero-order valence-electron chi connectivity index (χ0n) is 19.1. The molecule has 0 aromatic heterocycles. The van der Waals surface area contributed by atoms with Crippen molar-refractivity contribution in [1.82, 2.24) is 0 Å². The van der Waals surface area contributed by atoms with Crippen LogP contribution in [0.5, 0.6) is 11.5 Å². The van der Waals surface area contributed by atoms with Crippen LogP contribution in [0, 0.1) is 6.92 Å².